The smallest absolute Gasteiger partial charge is 0.0604 e. The fraction of sp³-hybridized carbons (Fsp3) is 0.538. The van der Waals surface area contributed by atoms with Crippen LogP contribution in [0, 0.1) is 0 Å². The Balaban J connectivity index is 2.20. The molecule has 1 saturated heterocycles. The van der Waals surface area contributed by atoms with E-state index in [9.17, 15) is 0 Å². The van der Waals surface area contributed by atoms with Crippen LogP contribution in [0.3, 0.4) is 0 Å². The van der Waals surface area contributed by atoms with E-state index >= 15 is 0 Å². The van der Waals surface area contributed by atoms with Gasteiger partial charge in [0.1, 0.15) is 0 Å². The van der Waals surface area contributed by atoms with E-state index in [0.29, 0.717) is 6.04 Å². The Kier molecular flexibility index (Phi) is 3.34. The van der Waals surface area contributed by atoms with Gasteiger partial charge in [0.05, 0.1) is 11.4 Å². The van der Waals surface area contributed by atoms with Crippen LogP contribution in [0.4, 0.5) is 11.4 Å². The molecule has 1 aromatic carbocycles. The zero-order chi connectivity index (χ0) is 11.5. The SMILES string of the molecule is CNC1CCN(c2ccccc2N(C)C)C1. The van der Waals surface area contributed by atoms with Crippen LogP contribution in [0.5, 0.6) is 0 Å². The average molecular weight is 219 g/mol. The summed E-state index contributed by atoms with van der Waals surface area (Å²) in [7, 11) is 6.25. The number of hydrogen-bond donors (Lipinski definition) is 1. The molecule has 0 bridgehead atoms. The zero-order valence-corrected chi connectivity index (χ0v) is 10.4. The van der Waals surface area contributed by atoms with E-state index in [1.165, 1.54) is 17.8 Å². The van der Waals surface area contributed by atoms with Crippen molar-refractivity contribution in [2.24, 2.45) is 0 Å². The van der Waals surface area contributed by atoms with Crippen molar-refractivity contribution in [2.45, 2.75) is 12.5 Å². The lowest BCUT2D eigenvalue weighted by Gasteiger charge is -2.25. The lowest BCUT2D eigenvalue weighted by Crippen LogP contribution is -2.30. The number of para-hydroxylation sites is 2. The first-order valence-corrected chi connectivity index (χ1v) is 5.91. The van der Waals surface area contributed by atoms with Gasteiger partial charge in [0, 0.05) is 33.2 Å². The van der Waals surface area contributed by atoms with Crippen LogP contribution in [0.25, 0.3) is 0 Å². The van der Waals surface area contributed by atoms with Crippen LogP contribution in [0.1, 0.15) is 6.42 Å². The molecule has 0 aliphatic carbocycles. The molecule has 3 heteroatoms. The van der Waals surface area contributed by atoms with Crippen molar-refractivity contribution in [3.05, 3.63) is 24.3 Å². The Morgan fingerprint density at radius 3 is 2.69 bits per heavy atom. The van der Waals surface area contributed by atoms with Crippen molar-refractivity contribution in [3.8, 4) is 0 Å². The number of anilines is 2. The van der Waals surface area contributed by atoms with E-state index in [1.54, 1.807) is 0 Å². The number of nitrogens with one attached hydrogen (secondary N) is 1. The Morgan fingerprint density at radius 2 is 2.06 bits per heavy atom. The van der Waals surface area contributed by atoms with Crippen LogP contribution in [-0.2, 0) is 0 Å². The molecule has 2 rings (SSSR count). The normalized spacial score (nSPS) is 20.2. The Morgan fingerprint density at radius 1 is 1.31 bits per heavy atom. The van der Waals surface area contributed by atoms with E-state index in [-0.39, 0.29) is 0 Å². The molecule has 1 fully saturated rings. The Bertz CT molecular complexity index is 349. The van der Waals surface area contributed by atoms with Gasteiger partial charge in [0.2, 0.25) is 0 Å². The number of likely N-dealkylation sites (N-methyl/N-ethyl adjacent to an activating group) is 1. The van der Waals surface area contributed by atoms with Gasteiger partial charge in [-0.15, -0.1) is 0 Å². The predicted octanol–water partition coefficient (Wildman–Crippen LogP) is 1.55. The van der Waals surface area contributed by atoms with Crippen LogP contribution in [0.2, 0.25) is 0 Å². The summed E-state index contributed by atoms with van der Waals surface area (Å²) in [5.74, 6) is 0. The van der Waals surface area contributed by atoms with Crippen LogP contribution in [-0.4, -0.2) is 40.3 Å². The van der Waals surface area contributed by atoms with Gasteiger partial charge in [0.25, 0.3) is 0 Å². The first kappa shape index (κ1) is 11.3. The summed E-state index contributed by atoms with van der Waals surface area (Å²) in [6, 6.07) is 9.25. The van der Waals surface area contributed by atoms with Crippen LogP contribution in [0.15, 0.2) is 24.3 Å². The maximum atomic E-state index is 3.36. The van der Waals surface area contributed by atoms with Crippen molar-refractivity contribution in [2.75, 3.05) is 44.0 Å². The molecule has 0 radical (unpaired) electrons. The topological polar surface area (TPSA) is 18.5 Å². The van der Waals surface area contributed by atoms with E-state index in [2.05, 4.69) is 53.5 Å². The molecule has 88 valence electrons. The summed E-state index contributed by atoms with van der Waals surface area (Å²) in [5.41, 5.74) is 2.66. The number of rotatable bonds is 3. The molecule has 0 saturated carbocycles. The first-order chi connectivity index (χ1) is 7.72. The first-order valence-electron chi connectivity index (χ1n) is 5.91. The zero-order valence-electron chi connectivity index (χ0n) is 10.4. The van der Waals surface area contributed by atoms with Crippen LogP contribution < -0.4 is 15.1 Å². The highest BCUT2D eigenvalue weighted by atomic mass is 15.2. The molecular weight excluding hydrogens is 198 g/mol. The Hall–Kier alpha value is -1.22. The van der Waals surface area contributed by atoms with Crippen molar-refractivity contribution >= 4 is 11.4 Å². The van der Waals surface area contributed by atoms with Gasteiger partial charge in [-0.2, -0.15) is 0 Å². The van der Waals surface area contributed by atoms with Gasteiger partial charge in [-0.25, -0.2) is 0 Å². The average Bonchev–Trinajstić information content (AvgIpc) is 2.77. The van der Waals surface area contributed by atoms with Gasteiger partial charge in [-0.1, -0.05) is 12.1 Å². The molecule has 1 unspecified atom stereocenters. The summed E-state index contributed by atoms with van der Waals surface area (Å²) in [4.78, 5) is 4.65. The fourth-order valence-corrected chi connectivity index (χ4v) is 2.32. The highest BCUT2D eigenvalue weighted by Crippen LogP contribution is 2.30. The van der Waals surface area contributed by atoms with Gasteiger partial charge < -0.3 is 15.1 Å². The summed E-state index contributed by atoms with van der Waals surface area (Å²) >= 11 is 0. The third-order valence-corrected chi connectivity index (χ3v) is 3.30. The molecule has 16 heavy (non-hydrogen) atoms. The van der Waals surface area contributed by atoms with E-state index in [0.717, 1.165) is 13.1 Å². The van der Waals surface area contributed by atoms with Gasteiger partial charge >= 0.3 is 0 Å². The fourth-order valence-electron chi connectivity index (χ4n) is 2.32. The monoisotopic (exact) mass is 219 g/mol. The molecule has 3 nitrogen and oxygen atoms in total. The predicted molar refractivity (Wildman–Crippen MR) is 70.4 cm³/mol. The van der Waals surface area contributed by atoms with Gasteiger partial charge in [-0.05, 0) is 25.6 Å². The molecule has 1 aliphatic rings. The van der Waals surface area contributed by atoms with E-state index in [4.69, 9.17) is 0 Å². The molecule has 1 N–H and O–H groups in total. The van der Waals surface area contributed by atoms with E-state index < -0.39 is 0 Å². The van der Waals surface area contributed by atoms with E-state index in [1.807, 2.05) is 7.05 Å². The summed E-state index contributed by atoms with van der Waals surface area (Å²) < 4.78 is 0. The van der Waals surface area contributed by atoms with Gasteiger partial charge in [-0.3, -0.25) is 0 Å². The lowest BCUT2D eigenvalue weighted by molar-refractivity contribution is 0.617. The molecule has 0 aromatic heterocycles. The second kappa shape index (κ2) is 4.74. The van der Waals surface area contributed by atoms with Crippen molar-refractivity contribution in [1.82, 2.24) is 5.32 Å². The number of benzene rings is 1. The molecule has 1 aliphatic heterocycles. The summed E-state index contributed by atoms with van der Waals surface area (Å²) in [6.07, 6.45) is 1.23. The largest absolute Gasteiger partial charge is 0.376 e. The van der Waals surface area contributed by atoms with Gasteiger partial charge in [0.15, 0.2) is 0 Å². The number of nitrogens with zero attached hydrogens (tertiary/aromatic N) is 2. The summed E-state index contributed by atoms with van der Waals surface area (Å²) in [6.45, 7) is 2.26. The maximum Gasteiger partial charge on any atom is 0.0604 e. The highest BCUT2D eigenvalue weighted by molar-refractivity contribution is 5.71. The third kappa shape index (κ3) is 2.14. The minimum Gasteiger partial charge on any atom is -0.376 e. The van der Waals surface area contributed by atoms with Crippen molar-refractivity contribution in [3.63, 3.8) is 0 Å². The highest BCUT2D eigenvalue weighted by Gasteiger charge is 2.22. The van der Waals surface area contributed by atoms with Crippen molar-refractivity contribution in [1.29, 1.82) is 0 Å². The molecule has 0 amide bonds. The minimum absolute atomic E-state index is 0.634. The standard InChI is InChI=1S/C13H21N3/c1-14-11-8-9-16(10-11)13-7-5-4-6-12(13)15(2)3/h4-7,11,14H,8-10H2,1-3H3. The molecule has 0 spiro atoms. The summed E-state index contributed by atoms with van der Waals surface area (Å²) in [5, 5.41) is 3.36. The quantitative estimate of drug-likeness (QED) is 0.832. The second-order valence-electron chi connectivity index (χ2n) is 4.60. The third-order valence-electron chi connectivity index (χ3n) is 3.30. The number of hydrogen-bond acceptors (Lipinski definition) is 3. The lowest BCUT2D eigenvalue weighted by atomic mass is 10.2. The molecular formula is C13H21N3. The minimum atomic E-state index is 0.634. The van der Waals surface area contributed by atoms with Crippen molar-refractivity contribution < 1.29 is 0 Å². The second-order valence-corrected chi connectivity index (χ2v) is 4.60. The maximum absolute atomic E-state index is 3.36. The molecule has 1 aromatic rings. The Labute approximate surface area is 98.0 Å². The van der Waals surface area contributed by atoms with Crippen LogP contribution >= 0.6 is 0 Å². The molecule has 1 heterocycles. The molecule has 1 atom stereocenters.